The zero-order valence-corrected chi connectivity index (χ0v) is 28.6. The van der Waals surface area contributed by atoms with Gasteiger partial charge < -0.3 is 29.2 Å². The van der Waals surface area contributed by atoms with Crippen LogP contribution >= 0.6 is 22.7 Å². The van der Waals surface area contributed by atoms with Gasteiger partial charge in [-0.05, 0) is 59.7 Å². The van der Waals surface area contributed by atoms with Crippen LogP contribution in [0.25, 0.3) is 20.2 Å². The Morgan fingerprint density at radius 2 is 0.923 bits per heavy atom. The number of rotatable bonds is 10. The summed E-state index contributed by atoms with van der Waals surface area (Å²) in [5.74, 6) is -1.98. The van der Waals surface area contributed by atoms with Crippen molar-refractivity contribution in [1.82, 2.24) is 0 Å². The predicted molar refractivity (Wildman–Crippen MR) is 182 cm³/mol. The molecule has 0 aliphatic heterocycles. The molecule has 4 aromatic carbocycles. The zero-order valence-electron chi connectivity index (χ0n) is 26.9. The highest BCUT2D eigenvalue weighted by atomic mass is 32.1. The number of fused-ring (bicyclic) bond motifs is 2. The maximum Gasteiger partial charge on any atom is 0.416 e. The molecular formula is C36H26F6O8S2. The summed E-state index contributed by atoms with van der Waals surface area (Å²) < 4.78 is 98.9. The molecule has 8 nitrogen and oxygen atoms in total. The average molecular weight is 765 g/mol. The van der Waals surface area contributed by atoms with Crippen molar-refractivity contribution in [1.29, 1.82) is 0 Å². The van der Waals surface area contributed by atoms with Gasteiger partial charge in [0.25, 0.3) is 0 Å². The summed E-state index contributed by atoms with van der Waals surface area (Å²) in [4.78, 5) is 23.0. The number of carboxylic acids is 2. The first-order chi connectivity index (χ1) is 24.6. The number of alkyl halides is 6. The Bertz CT molecular complexity index is 2050. The Kier molecular flexibility index (Phi) is 11.2. The molecule has 0 fully saturated rings. The van der Waals surface area contributed by atoms with E-state index in [0.717, 1.165) is 33.7 Å². The lowest BCUT2D eigenvalue weighted by Gasteiger charge is -2.12. The third-order valence-electron chi connectivity index (χ3n) is 7.45. The topological polar surface area (TPSA) is 112 Å². The fraction of sp³-hybridized carbons (Fsp3) is 0.167. The number of carboxylic acid groups (broad SMARTS) is 2. The van der Waals surface area contributed by atoms with E-state index in [2.05, 4.69) is 0 Å². The van der Waals surface area contributed by atoms with Crippen LogP contribution in [-0.4, -0.2) is 36.4 Å². The van der Waals surface area contributed by atoms with E-state index in [9.17, 15) is 46.1 Å². The number of halogens is 6. The molecule has 0 aliphatic carbocycles. The van der Waals surface area contributed by atoms with Crippen molar-refractivity contribution < 1.29 is 65.1 Å². The molecule has 0 amide bonds. The number of hydrogen-bond acceptors (Lipinski definition) is 8. The molecule has 2 heterocycles. The lowest BCUT2D eigenvalue weighted by molar-refractivity contribution is -0.138. The molecule has 2 N–H and O–H groups in total. The highest BCUT2D eigenvalue weighted by molar-refractivity contribution is 7.21. The Morgan fingerprint density at radius 3 is 1.21 bits per heavy atom. The Morgan fingerprint density at radius 1 is 0.577 bits per heavy atom. The van der Waals surface area contributed by atoms with Crippen LogP contribution in [0.2, 0.25) is 0 Å². The number of methoxy groups -OCH3 is 2. The lowest BCUT2D eigenvalue weighted by Crippen LogP contribution is -2.06. The molecule has 0 radical (unpaired) electrons. The molecule has 0 saturated carbocycles. The first-order valence-corrected chi connectivity index (χ1v) is 16.5. The second kappa shape index (κ2) is 15.4. The van der Waals surface area contributed by atoms with Crippen LogP contribution in [-0.2, 0) is 25.6 Å². The fourth-order valence-electron chi connectivity index (χ4n) is 4.87. The minimum absolute atomic E-state index is 0.0233. The monoisotopic (exact) mass is 764 g/mol. The summed E-state index contributed by atoms with van der Waals surface area (Å²) in [5, 5.41) is 21.1. The van der Waals surface area contributed by atoms with Gasteiger partial charge in [0.2, 0.25) is 0 Å². The standard InChI is InChI=1S/2C18H13F3O4S/c2*1-24-15-8-13-14(26-15)7-6-12(17(22)23)16(13)25-9-10-2-4-11(5-3-10)18(19,20)21/h2*2-8H,9H2,1H3,(H,22,23). The summed E-state index contributed by atoms with van der Waals surface area (Å²) in [6.07, 6.45) is -8.82. The molecule has 0 atom stereocenters. The SMILES string of the molecule is COc1cc2c(OCc3ccc(C(F)(F)F)cc3)c(C(=O)O)ccc2s1.COc1cc2c(OCc3ccc(C(F)(F)F)cc3)c(C(=O)O)ccc2s1. The van der Waals surface area contributed by atoms with Crippen LogP contribution in [0.3, 0.4) is 0 Å². The van der Waals surface area contributed by atoms with Gasteiger partial charge in [-0.2, -0.15) is 26.3 Å². The summed E-state index contributed by atoms with van der Waals surface area (Å²) in [6, 6.07) is 18.6. The van der Waals surface area contributed by atoms with Gasteiger partial charge in [-0.25, -0.2) is 9.59 Å². The van der Waals surface area contributed by atoms with Crippen molar-refractivity contribution in [2.24, 2.45) is 0 Å². The van der Waals surface area contributed by atoms with E-state index in [1.807, 2.05) is 0 Å². The minimum Gasteiger partial charge on any atom is -0.487 e. The van der Waals surface area contributed by atoms with Crippen LogP contribution in [0.5, 0.6) is 21.6 Å². The van der Waals surface area contributed by atoms with Gasteiger partial charge in [0.15, 0.2) is 10.1 Å². The number of ether oxygens (including phenoxy) is 4. The molecule has 6 aromatic rings. The summed E-state index contributed by atoms with van der Waals surface area (Å²) in [7, 11) is 3.01. The smallest absolute Gasteiger partial charge is 0.416 e. The van der Waals surface area contributed by atoms with Gasteiger partial charge in [-0.15, -0.1) is 0 Å². The first kappa shape index (κ1) is 37.8. The molecule has 0 aliphatic rings. The van der Waals surface area contributed by atoms with E-state index in [4.69, 9.17) is 18.9 Å². The lowest BCUT2D eigenvalue weighted by atomic mass is 10.1. The maximum atomic E-state index is 12.6. The van der Waals surface area contributed by atoms with E-state index in [-0.39, 0.29) is 35.8 Å². The Hall–Kier alpha value is -5.48. The highest BCUT2D eigenvalue weighted by Gasteiger charge is 2.31. The van der Waals surface area contributed by atoms with Gasteiger partial charge in [0.05, 0.1) is 25.3 Å². The molecule has 16 heteroatoms. The van der Waals surface area contributed by atoms with Crippen LogP contribution in [0, 0.1) is 0 Å². The van der Waals surface area contributed by atoms with E-state index < -0.39 is 35.4 Å². The van der Waals surface area contributed by atoms with E-state index >= 15 is 0 Å². The molecule has 0 bridgehead atoms. The van der Waals surface area contributed by atoms with Crippen LogP contribution in [0.1, 0.15) is 43.0 Å². The normalized spacial score (nSPS) is 11.5. The molecular weight excluding hydrogens is 739 g/mol. The molecule has 0 saturated heterocycles. The van der Waals surface area contributed by atoms with Gasteiger partial charge in [0.1, 0.15) is 35.8 Å². The molecule has 0 unspecified atom stereocenters. The first-order valence-electron chi connectivity index (χ1n) is 14.8. The molecule has 0 spiro atoms. The number of aromatic carboxylic acids is 2. The number of carbonyl (C=O) groups is 2. The van der Waals surface area contributed by atoms with Crippen LogP contribution < -0.4 is 18.9 Å². The third kappa shape index (κ3) is 8.69. The van der Waals surface area contributed by atoms with Crippen LogP contribution in [0.15, 0.2) is 84.9 Å². The number of benzene rings is 4. The second-order valence-electron chi connectivity index (χ2n) is 10.8. The van der Waals surface area contributed by atoms with Gasteiger partial charge in [-0.3, -0.25) is 0 Å². The Labute approximate surface area is 299 Å². The summed E-state index contributed by atoms with van der Waals surface area (Å²) in [6.45, 7) is -0.120. The van der Waals surface area contributed by atoms with Crippen molar-refractivity contribution in [3.63, 3.8) is 0 Å². The maximum absolute atomic E-state index is 12.6. The Balaban J connectivity index is 0.000000201. The minimum atomic E-state index is -4.41. The number of hydrogen-bond donors (Lipinski definition) is 2. The van der Waals surface area contributed by atoms with Crippen molar-refractivity contribution in [2.45, 2.75) is 25.6 Å². The summed E-state index contributed by atoms with van der Waals surface area (Å²) in [5.41, 5.74) is -0.564. The van der Waals surface area contributed by atoms with Crippen molar-refractivity contribution in [2.75, 3.05) is 14.2 Å². The molecule has 6 rings (SSSR count). The van der Waals surface area contributed by atoms with Crippen LogP contribution in [0.4, 0.5) is 26.3 Å². The zero-order chi connectivity index (χ0) is 37.8. The quantitative estimate of drug-likeness (QED) is 0.133. The average Bonchev–Trinajstić information content (AvgIpc) is 3.73. The van der Waals surface area contributed by atoms with Gasteiger partial charge >= 0.3 is 24.3 Å². The highest BCUT2D eigenvalue weighted by Crippen LogP contribution is 2.41. The van der Waals surface area contributed by atoms with Gasteiger partial charge in [-0.1, -0.05) is 46.9 Å². The summed E-state index contributed by atoms with van der Waals surface area (Å²) >= 11 is 2.68. The fourth-order valence-corrected chi connectivity index (χ4v) is 6.61. The van der Waals surface area contributed by atoms with E-state index in [1.165, 1.54) is 73.3 Å². The molecule has 2 aromatic heterocycles. The largest absolute Gasteiger partial charge is 0.487 e. The third-order valence-corrected chi connectivity index (χ3v) is 9.57. The molecule has 52 heavy (non-hydrogen) atoms. The second-order valence-corrected chi connectivity index (χ2v) is 12.9. The van der Waals surface area contributed by atoms with Crippen molar-refractivity contribution in [3.05, 3.63) is 118 Å². The number of thiophene rings is 2. The predicted octanol–water partition coefficient (Wildman–Crippen LogP) is 10.4. The van der Waals surface area contributed by atoms with Crippen molar-refractivity contribution >= 4 is 54.8 Å². The van der Waals surface area contributed by atoms with E-state index in [1.54, 1.807) is 24.3 Å². The van der Waals surface area contributed by atoms with Gasteiger partial charge in [0, 0.05) is 32.3 Å². The van der Waals surface area contributed by atoms with E-state index in [0.29, 0.717) is 32.0 Å². The molecule has 272 valence electrons. The van der Waals surface area contributed by atoms with Crippen molar-refractivity contribution in [3.8, 4) is 21.6 Å².